The third-order valence-corrected chi connectivity index (χ3v) is 4.31. The fourth-order valence-electron chi connectivity index (χ4n) is 2.36. The normalized spacial score (nSPS) is 29.3. The van der Waals surface area contributed by atoms with Crippen molar-refractivity contribution >= 4 is 21.7 Å². The quantitative estimate of drug-likeness (QED) is 0.506. The zero-order valence-electron chi connectivity index (χ0n) is 10.9. The maximum Gasteiger partial charge on any atom is 0.311 e. The van der Waals surface area contributed by atoms with Crippen LogP contribution in [0.1, 0.15) is 12.1 Å². The highest BCUT2D eigenvalue weighted by atomic mass is 32.1. The molecule has 0 radical (unpaired) electrons. The van der Waals surface area contributed by atoms with Crippen LogP contribution < -0.4 is 10.4 Å². The van der Waals surface area contributed by atoms with Crippen molar-refractivity contribution in [2.45, 2.75) is 31.5 Å². The number of hydrogen-bond donors (Lipinski definition) is 4. The maximum absolute atomic E-state index is 12.1. The largest absolute Gasteiger partial charge is 0.394 e. The second-order valence-electron chi connectivity index (χ2n) is 4.77. The van der Waals surface area contributed by atoms with Crippen molar-refractivity contribution in [1.82, 2.24) is 14.5 Å². The van der Waals surface area contributed by atoms with Gasteiger partial charge in [-0.15, -0.1) is 0 Å². The van der Waals surface area contributed by atoms with E-state index in [1.165, 1.54) is 0 Å². The van der Waals surface area contributed by atoms with Crippen molar-refractivity contribution in [3.63, 3.8) is 0 Å². The summed E-state index contributed by atoms with van der Waals surface area (Å²) in [4.78, 5) is 29.9. The van der Waals surface area contributed by atoms with Crippen LogP contribution in [0.15, 0.2) is 9.59 Å². The standard InChI is InChI=1S/C11H13N3O6S/c1-3-12-8-7(9(18)13-3)21-11(19)14(8)10-6(17)5(16)4(2-15)20-10/h4-6,10,15-17H,2H2,1H3,(H,12,13,18)/t4-,5-,6-,10-/m1/s1. The Labute approximate surface area is 121 Å². The Morgan fingerprint density at radius 3 is 2.71 bits per heavy atom. The van der Waals surface area contributed by atoms with Crippen LogP contribution in [0.3, 0.4) is 0 Å². The molecule has 2 aromatic heterocycles. The first-order valence-electron chi connectivity index (χ1n) is 6.18. The molecule has 3 rings (SSSR count). The topological polar surface area (TPSA) is 138 Å². The molecule has 114 valence electrons. The van der Waals surface area contributed by atoms with Crippen molar-refractivity contribution in [1.29, 1.82) is 0 Å². The van der Waals surface area contributed by atoms with Crippen LogP contribution >= 0.6 is 11.3 Å². The molecule has 0 aliphatic carbocycles. The number of aliphatic hydroxyl groups is 3. The van der Waals surface area contributed by atoms with E-state index in [2.05, 4.69) is 9.97 Å². The summed E-state index contributed by atoms with van der Waals surface area (Å²) in [7, 11) is 0. The van der Waals surface area contributed by atoms with Crippen molar-refractivity contribution in [3.8, 4) is 0 Å². The Morgan fingerprint density at radius 1 is 1.38 bits per heavy atom. The van der Waals surface area contributed by atoms with E-state index in [-0.39, 0.29) is 10.3 Å². The Morgan fingerprint density at radius 2 is 2.10 bits per heavy atom. The molecule has 1 aliphatic heterocycles. The van der Waals surface area contributed by atoms with Gasteiger partial charge in [-0.25, -0.2) is 4.98 Å². The summed E-state index contributed by atoms with van der Waals surface area (Å²) < 4.78 is 6.46. The third-order valence-electron chi connectivity index (χ3n) is 3.36. The summed E-state index contributed by atoms with van der Waals surface area (Å²) >= 11 is 0.679. The first-order chi connectivity index (χ1) is 9.93. The molecule has 4 atom stereocenters. The van der Waals surface area contributed by atoms with Gasteiger partial charge in [-0.1, -0.05) is 11.3 Å². The van der Waals surface area contributed by atoms with Crippen LogP contribution in [-0.4, -0.2) is 54.8 Å². The van der Waals surface area contributed by atoms with Crippen LogP contribution in [0.4, 0.5) is 0 Å². The Bertz CT molecular complexity index is 795. The number of thiazole rings is 1. The lowest BCUT2D eigenvalue weighted by Crippen LogP contribution is -2.34. The van der Waals surface area contributed by atoms with Crippen LogP contribution in [0, 0.1) is 6.92 Å². The lowest BCUT2D eigenvalue weighted by molar-refractivity contribution is -0.0518. The number of hydrogen-bond acceptors (Lipinski definition) is 8. The van der Waals surface area contributed by atoms with Gasteiger partial charge < -0.3 is 25.0 Å². The number of H-pyrrole nitrogens is 1. The molecule has 0 amide bonds. The van der Waals surface area contributed by atoms with Crippen molar-refractivity contribution in [2.75, 3.05) is 6.61 Å². The minimum absolute atomic E-state index is 0.0843. The molecule has 1 fully saturated rings. The highest BCUT2D eigenvalue weighted by molar-refractivity contribution is 7.16. The summed E-state index contributed by atoms with van der Waals surface area (Å²) in [6, 6.07) is 0. The number of aromatic amines is 1. The molecule has 10 heteroatoms. The van der Waals surface area contributed by atoms with E-state index in [1.54, 1.807) is 6.92 Å². The highest BCUT2D eigenvalue weighted by Gasteiger charge is 2.44. The average molecular weight is 315 g/mol. The fraction of sp³-hybridized carbons (Fsp3) is 0.545. The maximum atomic E-state index is 12.1. The van der Waals surface area contributed by atoms with Gasteiger partial charge in [0.05, 0.1) is 6.61 Å². The van der Waals surface area contributed by atoms with Crippen molar-refractivity contribution in [2.24, 2.45) is 0 Å². The molecule has 21 heavy (non-hydrogen) atoms. The predicted octanol–water partition coefficient (Wildman–Crippen LogP) is -1.93. The fourth-order valence-corrected chi connectivity index (χ4v) is 3.20. The van der Waals surface area contributed by atoms with Gasteiger partial charge in [0.25, 0.3) is 5.56 Å². The molecule has 9 nitrogen and oxygen atoms in total. The van der Waals surface area contributed by atoms with Gasteiger partial charge in [0, 0.05) is 0 Å². The second-order valence-corrected chi connectivity index (χ2v) is 5.73. The Balaban J connectivity index is 2.20. The first kappa shape index (κ1) is 14.4. The lowest BCUT2D eigenvalue weighted by atomic mass is 10.1. The van der Waals surface area contributed by atoms with Crippen LogP contribution in [0.2, 0.25) is 0 Å². The first-order valence-corrected chi connectivity index (χ1v) is 7.00. The van der Waals surface area contributed by atoms with Crippen LogP contribution in [-0.2, 0) is 4.74 Å². The predicted molar refractivity (Wildman–Crippen MR) is 72.2 cm³/mol. The molecule has 1 aliphatic rings. The molecular formula is C11H13N3O6S. The van der Waals surface area contributed by atoms with Gasteiger partial charge in [-0.3, -0.25) is 14.2 Å². The zero-order valence-corrected chi connectivity index (χ0v) is 11.7. The van der Waals surface area contributed by atoms with E-state index < -0.39 is 41.6 Å². The molecule has 0 saturated carbocycles. The lowest BCUT2D eigenvalue weighted by Gasteiger charge is -2.15. The SMILES string of the molecule is Cc1nc2c(sc(=O)n2[C@@H]2O[C@H](CO)[C@@H](O)[C@H]2O)c(=O)[nH]1. The van der Waals surface area contributed by atoms with E-state index in [1.807, 2.05) is 0 Å². The number of ether oxygens (including phenoxy) is 1. The summed E-state index contributed by atoms with van der Waals surface area (Å²) in [5.41, 5.74) is -0.369. The van der Waals surface area contributed by atoms with Crippen LogP contribution in [0.5, 0.6) is 0 Å². The molecule has 0 unspecified atom stereocenters. The molecule has 0 spiro atoms. The number of aromatic nitrogens is 3. The van der Waals surface area contributed by atoms with E-state index in [0.717, 1.165) is 4.57 Å². The van der Waals surface area contributed by atoms with Gasteiger partial charge in [-0.2, -0.15) is 0 Å². The number of nitrogens with one attached hydrogen (secondary N) is 1. The van der Waals surface area contributed by atoms with E-state index >= 15 is 0 Å². The van der Waals surface area contributed by atoms with Crippen LogP contribution in [0.25, 0.3) is 10.3 Å². The van der Waals surface area contributed by atoms with Gasteiger partial charge in [0.2, 0.25) is 0 Å². The summed E-state index contributed by atoms with van der Waals surface area (Å²) in [5, 5.41) is 28.9. The number of fused-ring (bicyclic) bond motifs is 1. The van der Waals surface area contributed by atoms with Crippen molar-refractivity contribution < 1.29 is 20.1 Å². The molecule has 2 aromatic rings. The third kappa shape index (κ3) is 2.12. The minimum atomic E-state index is -1.40. The van der Waals surface area contributed by atoms with Crippen molar-refractivity contribution in [3.05, 3.63) is 25.8 Å². The Hall–Kier alpha value is -1.59. The minimum Gasteiger partial charge on any atom is -0.394 e. The van der Waals surface area contributed by atoms with E-state index in [4.69, 9.17) is 9.84 Å². The monoisotopic (exact) mass is 315 g/mol. The summed E-state index contributed by atoms with van der Waals surface area (Å²) in [6.45, 7) is 1.06. The highest BCUT2D eigenvalue weighted by Crippen LogP contribution is 2.30. The van der Waals surface area contributed by atoms with Gasteiger partial charge >= 0.3 is 4.87 Å². The smallest absolute Gasteiger partial charge is 0.311 e. The van der Waals surface area contributed by atoms with E-state index in [0.29, 0.717) is 17.2 Å². The number of aryl methyl sites for hydroxylation is 1. The average Bonchev–Trinajstić information content (AvgIpc) is 2.89. The van der Waals surface area contributed by atoms with Gasteiger partial charge in [0.1, 0.15) is 28.8 Å². The van der Waals surface area contributed by atoms with E-state index in [9.17, 15) is 19.8 Å². The molecular weight excluding hydrogens is 302 g/mol. The molecule has 3 heterocycles. The summed E-state index contributed by atoms with van der Waals surface area (Å²) in [5.74, 6) is 0.311. The zero-order chi connectivity index (χ0) is 15.3. The molecule has 1 saturated heterocycles. The molecule has 4 N–H and O–H groups in total. The van der Waals surface area contributed by atoms with Gasteiger partial charge in [-0.05, 0) is 6.92 Å². The van der Waals surface area contributed by atoms with Gasteiger partial charge in [0.15, 0.2) is 11.9 Å². The summed E-state index contributed by atoms with van der Waals surface area (Å²) in [6.07, 6.45) is -4.94. The number of rotatable bonds is 2. The Kier molecular flexibility index (Phi) is 3.42. The molecule has 0 bridgehead atoms. The molecule has 0 aromatic carbocycles. The number of nitrogens with zero attached hydrogens (tertiary/aromatic N) is 2. The number of aliphatic hydroxyl groups excluding tert-OH is 3. The second kappa shape index (κ2) is 5.00.